The van der Waals surface area contributed by atoms with Gasteiger partial charge in [0.2, 0.25) is 0 Å². The number of benzene rings is 2. The van der Waals surface area contributed by atoms with Crippen LogP contribution in [0.4, 0.5) is 8.78 Å². The van der Waals surface area contributed by atoms with Crippen molar-refractivity contribution in [2.24, 2.45) is 0 Å². The number of likely N-dealkylation sites (tertiary alicyclic amines) is 1. The van der Waals surface area contributed by atoms with E-state index in [0.29, 0.717) is 19.4 Å². The summed E-state index contributed by atoms with van der Waals surface area (Å²) in [4.78, 5) is 2.30. The van der Waals surface area contributed by atoms with Crippen molar-refractivity contribution in [2.75, 3.05) is 19.7 Å². The molecule has 1 fully saturated rings. The summed E-state index contributed by atoms with van der Waals surface area (Å²) in [5.41, 5.74) is 0.750. The van der Waals surface area contributed by atoms with Crippen LogP contribution in [0.25, 0.3) is 0 Å². The molecule has 2 aliphatic rings. The second-order valence-electron chi connectivity index (χ2n) is 7.00. The highest BCUT2D eigenvalue weighted by molar-refractivity contribution is 5.36. The molecular weight excluding hydrogens is 324 g/mol. The molecule has 1 unspecified atom stereocenters. The molecule has 0 radical (unpaired) electrons. The fraction of sp³-hybridized carbons (Fsp3) is 0.400. The largest absolute Gasteiger partial charge is 0.492 e. The van der Waals surface area contributed by atoms with Crippen molar-refractivity contribution in [1.29, 1.82) is 0 Å². The third-order valence-electron chi connectivity index (χ3n) is 5.43. The van der Waals surface area contributed by atoms with E-state index in [2.05, 4.69) is 4.90 Å². The Morgan fingerprint density at radius 3 is 2.40 bits per heavy atom. The minimum atomic E-state index is -0.913. The zero-order valence-corrected chi connectivity index (χ0v) is 13.9. The van der Waals surface area contributed by atoms with E-state index in [1.54, 1.807) is 24.3 Å². The lowest BCUT2D eigenvalue weighted by molar-refractivity contribution is -0.0415. The molecule has 0 saturated carbocycles. The van der Waals surface area contributed by atoms with E-state index in [1.165, 1.54) is 18.2 Å². The molecule has 2 heterocycles. The number of rotatable bonds is 2. The summed E-state index contributed by atoms with van der Waals surface area (Å²) in [7, 11) is 0. The molecule has 2 aliphatic heterocycles. The van der Waals surface area contributed by atoms with Gasteiger partial charge in [0, 0.05) is 19.1 Å². The monoisotopic (exact) mass is 345 g/mol. The maximum atomic E-state index is 13.5. The highest BCUT2D eigenvalue weighted by Gasteiger charge is 2.37. The van der Waals surface area contributed by atoms with Crippen LogP contribution in [0.1, 0.15) is 24.0 Å². The number of fused-ring (bicyclic) bond motifs is 1. The van der Waals surface area contributed by atoms with E-state index in [0.717, 1.165) is 36.4 Å². The van der Waals surface area contributed by atoms with Gasteiger partial charge in [0.25, 0.3) is 0 Å². The molecule has 0 amide bonds. The zero-order valence-electron chi connectivity index (χ0n) is 13.9. The van der Waals surface area contributed by atoms with Crippen molar-refractivity contribution < 1.29 is 18.6 Å². The molecule has 1 N–H and O–H groups in total. The number of ether oxygens (including phenoxy) is 1. The van der Waals surface area contributed by atoms with Crippen molar-refractivity contribution in [3.8, 4) is 5.75 Å². The van der Waals surface area contributed by atoms with Gasteiger partial charge in [0.1, 0.15) is 24.0 Å². The SMILES string of the molecule is OC1(c2ccc(F)cc2)CCN(C2COc3ccc(F)cc3C2)CC1. The van der Waals surface area contributed by atoms with Crippen LogP contribution in [0.3, 0.4) is 0 Å². The lowest BCUT2D eigenvalue weighted by Crippen LogP contribution is -2.50. The number of nitrogens with zero attached hydrogens (tertiary/aromatic N) is 1. The lowest BCUT2D eigenvalue weighted by Gasteiger charge is -2.43. The van der Waals surface area contributed by atoms with Gasteiger partial charge in [-0.05, 0) is 60.7 Å². The summed E-state index contributed by atoms with van der Waals surface area (Å²) in [5.74, 6) is 0.222. The van der Waals surface area contributed by atoms with Crippen LogP contribution in [0.2, 0.25) is 0 Å². The van der Waals surface area contributed by atoms with Gasteiger partial charge in [-0.3, -0.25) is 4.90 Å². The Morgan fingerprint density at radius 1 is 1.00 bits per heavy atom. The van der Waals surface area contributed by atoms with Crippen LogP contribution in [-0.2, 0) is 12.0 Å². The molecule has 25 heavy (non-hydrogen) atoms. The minimum Gasteiger partial charge on any atom is -0.492 e. The fourth-order valence-electron chi connectivity index (χ4n) is 3.89. The van der Waals surface area contributed by atoms with E-state index < -0.39 is 5.60 Å². The van der Waals surface area contributed by atoms with Crippen LogP contribution in [-0.4, -0.2) is 35.7 Å². The summed E-state index contributed by atoms with van der Waals surface area (Å²) in [6, 6.07) is 10.9. The van der Waals surface area contributed by atoms with E-state index in [9.17, 15) is 13.9 Å². The van der Waals surface area contributed by atoms with Crippen molar-refractivity contribution in [2.45, 2.75) is 30.9 Å². The Bertz CT molecular complexity index is 755. The number of hydrogen-bond acceptors (Lipinski definition) is 3. The third kappa shape index (κ3) is 3.26. The maximum Gasteiger partial charge on any atom is 0.123 e. The van der Waals surface area contributed by atoms with Crippen LogP contribution in [0.15, 0.2) is 42.5 Å². The van der Waals surface area contributed by atoms with E-state index in [4.69, 9.17) is 4.74 Å². The van der Waals surface area contributed by atoms with Crippen LogP contribution in [0, 0.1) is 11.6 Å². The first-order valence-corrected chi connectivity index (χ1v) is 8.67. The average molecular weight is 345 g/mol. The van der Waals surface area contributed by atoms with Gasteiger partial charge >= 0.3 is 0 Å². The predicted molar refractivity (Wildman–Crippen MR) is 90.5 cm³/mol. The molecule has 0 spiro atoms. The molecule has 1 atom stereocenters. The minimum absolute atomic E-state index is 0.187. The number of halogens is 2. The predicted octanol–water partition coefficient (Wildman–Crippen LogP) is 3.25. The molecule has 2 aromatic carbocycles. The van der Waals surface area contributed by atoms with Crippen molar-refractivity contribution in [3.05, 3.63) is 65.2 Å². The highest BCUT2D eigenvalue weighted by atomic mass is 19.1. The normalized spacial score (nSPS) is 22.9. The average Bonchev–Trinajstić information content (AvgIpc) is 2.62. The summed E-state index contributed by atoms with van der Waals surface area (Å²) < 4.78 is 32.3. The first-order chi connectivity index (χ1) is 12.0. The zero-order chi connectivity index (χ0) is 17.4. The topological polar surface area (TPSA) is 32.7 Å². The van der Waals surface area contributed by atoms with Crippen LogP contribution in [0.5, 0.6) is 5.75 Å². The Kier molecular flexibility index (Phi) is 4.21. The molecule has 0 aliphatic carbocycles. The molecular formula is C20H21F2NO2. The molecule has 5 heteroatoms. The van der Waals surface area contributed by atoms with Gasteiger partial charge in [-0.25, -0.2) is 8.78 Å². The van der Waals surface area contributed by atoms with Gasteiger partial charge in [-0.2, -0.15) is 0 Å². The Hall–Kier alpha value is -1.98. The number of hydrogen-bond donors (Lipinski definition) is 1. The first-order valence-electron chi connectivity index (χ1n) is 8.67. The van der Waals surface area contributed by atoms with Gasteiger partial charge < -0.3 is 9.84 Å². The van der Waals surface area contributed by atoms with Crippen molar-refractivity contribution in [1.82, 2.24) is 4.90 Å². The quantitative estimate of drug-likeness (QED) is 0.907. The smallest absolute Gasteiger partial charge is 0.123 e. The number of aliphatic hydroxyl groups is 1. The summed E-state index contributed by atoms with van der Waals surface area (Å²) in [5, 5.41) is 10.9. The molecule has 3 nitrogen and oxygen atoms in total. The second-order valence-corrected chi connectivity index (χ2v) is 7.00. The van der Waals surface area contributed by atoms with Crippen molar-refractivity contribution in [3.63, 3.8) is 0 Å². The summed E-state index contributed by atoms with van der Waals surface area (Å²) in [6.45, 7) is 2.03. The Balaban J connectivity index is 1.43. The number of piperidine rings is 1. The van der Waals surface area contributed by atoms with E-state index in [-0.39, 0.29) is 17.7 Å². The van der Waals surface area contributed by atoms with E-state index in [1.807, 2.05) is 0 Å². The van der Waals surface area contributed by atoms with Gasteiger partial charge in [-0.1, -0.05) is 12.1 Å². The molecule has 2 aromatic rings. The Labute approximate surface area is 145 Å². The molecule has 4 rings (SSSR count). The first kappa shape index (κ1) is 16.5. The summed E-state index contributed by atoms with van der Waals surface area (Å²) in [6.07, 6.45) is 1.93. The summed E-state index contributed by atoms with van der Waals surface area (Å²) >= 11 is 0. The van der Waals surface area contributed by atoms with Gasteiger partial charge in [0.15, 0.2) is 0 Å². The fourth-order valence-corrected chi connectivity index (χ4v) is 3.89. The molecule has 1 saturated heterocycles. The van der Waals surface area contributed by atoms with E-state index >= 15 is 0 Å². The van der Waals surface area contributed by atoms with Crippen molar-refractivity contribution >= 4 is 0 Å². The van der Waals surface area contributed by atoms with Crippen LogP contribution < -0.4 is 4.74 Å². The lowest BCUT2D eigenvalue weighted by atomic mass is 9.83. The molecule has 0 aromatic heterocycles. The highest BCUT2D eigenvalue weighted by Crippen LogP contribution is 2.35. The maximum absolute atomic E-state index is 13.5. The van der Waals surface area contributed by atoms with Gasteiger partial charge in [0.05, 0.1) is 5.60 Å². The standard InChI is InChI=1S/C20H21F2NO2/c21-16-3-1-15(2-4-16)20(24)7-9-23(10-8-20)18-12-14-11-17(22)5-6-19(14)25-13-18/h1-6,11,18,24H,7-10,12-13H2. The second kappa shape index (κ2) is 6.39. The third-order valence-corrected chi connectivity index (χ3v) is 5.43. The Morgan fingerprint density at radius 2 is 1.68 bits per heavy atom. The van der Waals surface area contributed by atoms with Gasteiger partial charge in [-0.15, -0.1) is 0 Å². The van der Waals surface area contributed by atoms with Crippen LogP contribution >= 0.6 is 0 Å². The molecule has 0 bridgehead atoms. The molecule has 132 valence electrons.